The van der Waals surface area contributed by atoms with E-state index in [0.717, 1.165) is 11.1 Å². The molecule has 2 aliphatic heterocycles. The average Bonchev–Trinajstić information content (AvgIpc) is 3.32. The van der Waals surface area contributed by atoms with E-state index in [1.54, 1.807) is 36.4 Å². The molecule has 2 heterocycles. The van der Waals surface area contributed by atoms with Gasteiger partial charge in [-0.25, -0.2) is 0 Å². The molecule has 11 heteroatoms. The SMILES string of the molecule is COc1cc(C[C@@H]2C[C@H](CO)[C@@H](c3ccc(O[C@@H]4O[C@H](CO)[C@@H](O)[C@H](O)[C@H]4O)c(OC)c3)O2)ccc1O. The fourth-order valence-corrected chi connectivity index (χ4v) is 4.85. The lowest BCUT2D eigenvalue weighted by atomic mass is 9.93. The number of hydrogen-bond donors (Lipinski definition) is 6. The first-order valence-corrected chi connectivity index (χ1v) is 12.1. The molecule has 11 nitrogen and oxygen atoms in total. The molecule has 0 aromatic heterocycles. The molecule has 2 fully saturated rings. The maximum absolute atomic E-state index is 10.3. The third-order valence-corrected chi connectivity index (χ3v) is 6.88. The predicted octanol–water partition coefficient (Wildman–Crippen LogP) is 0.269. The molecule has 8 atom stereocenters. The van der Waals surface area contributed by atoms with E-state index in [-0.39, 0.29) is 30.1 Å². The zero-order valence-corrected chi connectivity index (χ0v) is 20.6. The van der Waals surface area contributed by atoms with Crippen molar-refractivity contribution in [1.29, 1.82) is 0 Å². The molecule has 6 N–H and O–H groups in total. The van der Waals surface area contributed by atoms with Gasteiger partial charge in [-0.1, -0.05) is 12.1 Å². The number of aliphatic hydroxyl groups is 5. The fourth-order valence-electron chi connectivity index (χ4n) is 4.85. The van der Waals surface area contributed by atoms with E-state index in [2.05, 4.69) is 0 Å². The van der Waals surface area contributed by atoms with Gasteiger partial charge in [-0.2, -0.15) is 0 Å². The van der Waals surface area contributed by atoms with Crippen molar-refractivity contribution in [1.82, 2.24) is 0 Å². The lowest BCUT2D eigenvalue weighted by Crippen LogP contribution is -2.60. The van der Waals surface area contributed by atoms with Crippen LogP contribution in [0.25, 0.3) is 0 Å². The van der Waals surface area contributed by atoms with Crippen molar-refractivity contribution in [2.75, 3.05) is 27.4 Å². The van der Waals surface area contributed by atoms with Crippen molar-refractivity contribution < 1.29 is 54.3 Å². The van der Waals surface area contributed by atoms with Crippen LogP contribution in [0.15, 0.2) is 36.4 Å². The molecule has 0 saturated carbocycles. The second-order valence-electron chi connectivity index (χ2n) is 9.29. The molecule has 0 spiro atoms. The predicted molar refractivity (Wildman–Crippen MR) is 129 cm³/mol. The van der Waals surface area contributed by atoms with Crippen LogP contribution in [0, 0.1) is 5.92 Å². The molecule has 2 saturated heterocycles. The summed E-state index contributed by atoms with van der Waals surface area (Å²) >= 11 is 0. The van der Waals surface area contributed by atoms with Gasteiger partial charge in [-0.15, -0.1) is 0 Å². The normalized spacial score (nSPS) is 31.8. The van der Waals surface area contributed by atoms with Crippen LogP contribution >= 0.6 is 0 Å². The first-order valence-electron chi connectivity index (χ1n) is 12.1. The van der Waals surface area contributed by atoms with Crippen molar-refractivity contribution in [2.24, 2.45) is 5.92 Å². The van der Waals surface area contributed by atoms with E-state index in [1.165, 1.54) is 14.2 Å². The van der Waals surface area contributed by atoms with Gasteiger partial charge in [0.05, 0.1) is 33.0 Å². The van der Waals surface area contributed by atoms with E-state index >= 15 is 0 Å². The summed E-state index contributed by atoms with van der Waals surface area (Å²) in [6, 6.07) is 10.2. The van der Waals surface area contributed by atoms with Crippen molar-refractivity contribution in [3.8, 4) is 23.0 Å². The third kappa shape index (κ3) is 5.78. The third-order valence-electron chi connectivity index (χ3n) is 6.88. The first-order chi connectivity index (χ1) is 17.8. The topological polar surface area (TPSA) is 168 Å². The second-order valence-corrected chi connectivity index (χ2v) is 9.29. The van der Waals surface area contributed by atoms with Gasteiger partial charge in [0.25, 0.3) is 0 Å². The highest BCUT2D eigenvalue weighted by Crippen LogP contribution is 2.42. The quantitative estimate of drug-likeness (QED) is 0.267. The van der Waals surface area contributed by atoms with E-state index in [4.69, 9.17) is 23.7 Å². The molecule has 0 unspecified atom stereocenters. The van der Waals surface area contributed by atoms with Crippen molar-refractivity contribution in [2.45, 2.75) is 55.8 Å². The standard InChI is InChI=1S/C26H34O11/c1-33-19-8-13(3-5-17(19)29)7-16-9-15(11-27)25(35-16)14-4-6-18(20(10-14)34-2)36-26-24(32)23(31)22(30)21(12-28)37-26/h3-6,8,10,15-16,21-32H,7,9,11-12H2,1-2H3/t15-,16-,21-,22-,23+,24-,25-,26-/m1/s1. The Hall–Kier alpha value is -2.64. The largest absolute Gasteiger partial charge is 0.504 e. The van der Waals surface area contributed by atoms with Crippen LogP contribution in [0.5, 0.6) is 23.0 Å². The molecule has 4 rings (SSSR count). The second kappa shape index (κ2) is 11.8. The maximum atomic E-state index is 10.3. The number of hydrogen-bond acceptors (Lipinski definition) is 11. The number of benzene rings is 2. The van der Waals surface area contributed by atoms with E-state index in [1.807, 2.05) is 0 Å². The summed E-state index contributed by atoms with van der Waals surface area (Å²) in [5, 5.41) is 59.6. The van der Waals surface area contributed by atoms with Crippen LogP contribution in [-0.2, 0) is 15.9 Å². The minimum atomic E-state index is -1.57. The van der Waals surface area contributed by atoms with Crippen molar-refractivity contribution >= 4 is 0 Å². The molecule has 2 aromatic rings. The Morgan fingerprint density at radius 2 is 1.59 bits per heavy atom. The Balaban J connectivity index is 1.49. The molecular weight excluding hydrogens is 488 g/mol. The molecule has 2 aliphatic rings. The Kier molecular flexibility index (Phi) is 8.75. The number of ether oxygens (including phenoxy) is 5. The minimum Gasteiger partial charge on any atom is -0.504 e. The summed E-state index contributed by atoms with van der Waals surface area (Å²) in [6.07, 6.45) is -6.46. The minimum absolute atomic E-state index is 0.0582. The molecular formula is C26H34O11. The van der Waals surface area contributed by atoms with Crippen LogP contribution in [0.4, 0.5) is 0 Å². The van der Waals surface area contributed by atoms with Gasteiger partial charge < -0.3 is 54.3 Å². The van der Waals surface area contributed by atoms with Crippen LogP contribution in [0.2, 0.25) is 0 Å². The first kappa shape index (κ1) is 27.4. The molecule has 204 valence electrons. The Bertz CT molecular complexity index is 1050. The van der Waals surface area contributed by atoms with Gasteiger partial charge in [-0.05, 0) is 48.2 Å². The number of phenolic OH excluding ortho intramolecular Hbond substituents is 1. The summed E-state index contributed by atoms with van der Waals surface area (Å²) in [7, 11) is 2.93. The van der Waals surface area contributed by atoms with Gasteiger partial charge in [0.2, 0.25) is 6.29 Å². The lowest BCUT2D eigenvalue weighted by molar-refractivity contribution is -0.277. The summed E-state index contributed by atoms with van der Waals surface area (Å²) in [6.45, 7) is -0.647. The van der Waals surface area contributed by atoms with E-state index in [9.17, 15) is 30.6 Å². The number of phenols is 1. The maximum Gasteiger partial charge on any atom is 0.229 e. The molecule has 2 aromatic carbocycles. The number of aromatic hydroxyl groups is 1. The molecule has 37 heavy (non-hydrogen) atoms. The number of aliphatic hydroxyl groups excluding tert-OH is 5. The molecule has 0 bridgehead atoms. The lowest BCUT2D eigenvalue weighted by Gasteiger charge is -2.39. The highest BCUT2D eigenvalue weighted by molar-refractivity contribution is 5.44. The molecule has 0 aliphatic carbocycles. The Morgan fingerprint density at radius 3 is 2.27 bits per heavy atom. The smallest absolute Gasteiger partial charge is 0.229 e. The van der Waals surface area contributed by atoms with Crippen molar-refractivity contribution in [3.63, 3.8) is 0 Å². The number of rotatable bonds is 9. The monoisotopic (exact) mass is 522 g/mol. The average molecular weight is 523 g/mol. The van der Waals surface area contributed by atoms with Gasteiger partial charge in [0.1, 0.15) is 24.4 Å². The van der Waals surface area contributed by atoms with Crippen LogP contribution in [-0.4, -0.2) is 94.9 Å². The van der Waals surface area contributed by atoms with Gasteiger partial charge in [0.15, 0.2) is 23.0 Å². The summed E-state index contributed by atoms with van der Waals surface area (Å²) in [5.41, 5.74) is 1.68. The zero-order valence-electron chi connectivity index (χ0n) is 20.6. The zero-order chi connectivity index (χ0) is 26.7. The van der Waals surface area contributed by atoms with Crippen LogP contribution in [0.1, 0.15) is 23.7 Å². The van der Waals surface area contributed by atoms with Gasteiger partial charge in [-0.3, -0.25) is 0 Å². The highest BCUT2D eigenvalue weighted by atomic mass is 16.7. The molecule has 0 amide bonds. The molecule has 0 radical (unpaired) electrons. The Morgan fingerprint density at radius 1 is 0.838 bits per heavy atom. The number of methoxy groups -OCH3 is 2. The van der Waals surface area contributed by atoms with Crippen LogP contribution in [0.3, 0.4) is 0 Å². The fraction of sp³-hybridized carbons (Fsp3) is 0.538. The summed E-state index contributed by atoms with van der Waals surface area (Å²) < 4.78 is 28.1. The van der Waals surface area contributed by atoms with Crippen molar-refractivity contribution in [3.05, 3.63) is 47.5 Å². The van der Waals surface area contributed by atoms with E-state index < -0.39 is 43.4 Å². The summed E-state index contributed by atoms with van der Waals surface area (Å²) in [5.74, 6) is 0.794. The highest BCUT2D eigenvalue weighted by Gasteiger charge is 2.45. The van der Waals surface area contributed by atoms with Gasteiger partial charge in [0, 0.05) is 12.5 Å². The van der Waals surface area contributed by atoms with Gasteiger partial charge >= 0.3 is 0 Å². The van der Waals surface area contributed by atoms with E-state index in [0.29, 0.717) is 24.3 Å². The summed E-state index contributed by atoms with van der Waals surface area (Å²) in [4.78, 5) is 0. The van der Waals surface area contributed by atoms with Crippen LogP contribution < -0.4 is 14.2 Å². The Labute approximate surface area is 214 Å².